The average molecular weight is 289 g/mol. The quantitative estimate of drug-likeness (QED) is 0.846. The van der Waals surface area contributed by atoms with Crippen LogP contribution in [0.2, 0.25) is 0 Å². The van der Waals surface area contributed by atoms with Gasteiger partial charge in [-0.3, -0.25) is 0 Å². The molecular formula is C17H23NOS. The normalized spacial score (nSPS) is 14.0. The van der Waals surface area contributed by atoms with E-state index in [4.69, 9.17) is 4.74 Å². The fourth-order valence-electron chi connectivity index (χ4n) is 2.23. The van der Waals surface area contributed by atoms with Crippen LogP contribution in [0.1, 0.15) is 35.9 Å². The molecule has 2 nitrogen and oxygen atoms in total. The lowest BCUT2D eigenvalue weighted by atomic mass is 10.1. The van der Waals surface area contributed by atoms with Crippen molar-refractivity contribution in [2.45, 2.75) is 39.8 Å². The molecule has 0 amide bonds. The van der Waals surface area contributed by atoms with Gasteiger partial charge in [0.1, 0.15) is 12.4 Å². The Balaban J connectivity index is 1.82. The van der Waals surface area contributed by atoms with Gasteiger partial charge < -0.3 is 10.1 Å². The van der Waals surface area contributed by atoms with Crippen LogP contribution in [-0.4, -0.2) is 12.6 Å². The first-order valence-electron chi connectivity index (χ1n) is 7.05. The third-order valence-corrected chi connectivity index (χ3v) is 4.55. The van der Waals surface area contributed by atoms with Gasteiger partial charge in [0.2, 0.25) is 0 Å². The van der Waals surface area contributed by atoms with Gasteiger partial charge in [-0.05, 0) is 56.8 Å². The largest absolute Gasteiger partial charge is 0.492 e. The molecule has 1 heterocycles. The van der Waals surface area contributed by atoms with Gasteiger partial charge in [-0.2, -0.15) is 0 Å². The number of ether oxygens (including phenoxy) is 1. The first-order valence-corrected chi connectivity index (χ1v) is 7.93. The van der Waals surface area contributed by atoms with Crippen LogP contribution in [0.25, 0.3) is 0 Å². The second kappa shape index (κ2) is 6.91. The second-order valence-electron chi connectivity index (χ2n) is 5.38. The zero-order valence-corrected chi connectivity index (χ0v) is 13.5. The summed E-state index contributed by atoms with van der Waals surface area (Å²) >= 11 is 1.81. The van der Waals surface area contributed by atoms with Crippen LogP contribution in [0.3, 0.4) is 0 Å². The number of thiophene rings is 1. The predicted octanol–water partition coefficient (Wildman–Crippen LogP) is 4.48. The van der Waals surface area contributed by atoms with E-state index in [1.807, 2.05) is 23.5 Å². The lowest BCUT2D eigenvalue weighted by Gasteiger charge is -2.20. The monoisotopic (exact) mass is 289 g/mol. The molecule has 0 aliphatic heterocycles. The van der Waals surface area contributed by atoms with Gasteiger partial charge in [-0.15, -0.1) is 11.3 Å². The summed E-state index contributed by atoms with van der Waals surface area (Å²) in [6.07, 6.45) is 0. The minimum absolute atomic E-state index is 0.313. The minimum atomic E-state index is 0.313. The minimum Gasteiger partial charge on any atom is -0.492 e. The van der Waals surface area contributed by atoms with Crippen molar-refractivity contribution in [2.24, 2.45) is 0 Å². The van der Waals surface area contributed by atoms with Crippen molar-refractivity contribution in [3.8, 4) is 5.75 Å². The average Bonchev–Trinajstić information content (AvgIpc) is 2.84. The van der Waals surface area contributed by atoms with Gasteiger partial charge >= 0.3 is 0 Å². The Morgan fingerprint density at radius 3 is 2.40 bits per heavy atom. The highest BCUT2D eigenvalue weighted by Crippen LogP contribution is 2.23. The highest BCUT2D eigenvalue weighted by molar-refractivity contribution is 7.10. The molecule has 0 radical (unpaired) electrons. The van der Waals surface area contributed by atoms with E-state index in [9.17, 15) is 0 Å². The Morgan fingerprint density at radius 1 is 1.10 bits per heavy atom. The highest BCUT2D eigenvalue weighted by atomic mass is 32.1. The molecule has 1 N–H and O–H groups in total. The van der Waals surface area contributed by atoms with Crippen molar-refractivity contribution in [3.05, 3.63) is 51.7 Å². The third-order valence-electron chi connectivity index (χ3n) is 3.35. The number of benzene rings is 1. The number of hydrogen-bond donors (Lipinski definition) is 1. The van der Waals surface area contributed by atoms with E-state index in [2.05, 4.69) is 56.6 Å². The van der Waals surface area contributed by atoms with E-state index in [-0.39, 0.29) is 0 Å². The molecule has 0 aliphatic rings. The van der Waals surface area contributed by atoms with Crippen LogP contribution in [0.4, 0.5) is 0 Å². The molecule has 0 aliphatic carbocycles. The molecule has 0 fully saturated rings. The van der Waals surface area contributed by atoms with Gasteiger partial charge in [0.05, 0.1) is 0 Å². The Bertz CT molecular complexity index is 532. The first-order chi connectivity index (χ1) is 9.56. The van der Waals surface area contributed by atoms with Gasteiger partial charge in [-0.25, -0.2) is 0 Å². The number of rotatable bonds is 6. The first kappa shape index (κ1) is 15.1. The molecule has 0 saturated carbocycles. The lowest BCUT2D eigenvalue weighted by molar-refractivity contribution is 0.264. The molecule has 0 bridgehead atoms. The molecular weight excluding hydrogens is 266 g/mol. The third kappa shape index (κ3) is 4.09. The van der Waals surface area contributed by atoms with Crippen LogP contribution >= 0.6 is 11.3 Å². The van der Waals surface area contributed by atoms with Crippen LogP contribution < -0.4 is 10.1 Å². The molecule has 0 saturated heterocycles. The van der Waals surface area contributed by atoms with E-state index < -0.39 is 0 Å². The summed E-state index contributed by atoms with van der Waals surface area (Å²) < 4.78 is 5.81. The van der Waals surface area contributed by atoms with Crippen LogP contribution in [0.5, 0.6) is 5.75 Å². The van der Waals surface area contributed by atoms with E-state index in [1.54, 1.807) is 0 Å². The van der Waals surface area contributed by atoms with Crippen molar-refractivity contribution >= 4 is 11.3 Å². The van der Waals surface area contributed by atoms with Gasteiger partial charge in [0.25, 0.3) is 0 Å². The number of hydrogen-bond acceptors (Lipinski definition) is 3. The predicted molar refractivity (Wildman–Crippen MR) is 86.7 cm³/mol. The summed E-state index contributed by atoms with van der Waals surface area (Å²) in [5.74, 6) is 0.934. The van der Waals surface area contributed by atoms with Crippen LogP contribution in [0.15, 0.2) is 35.7 Å². The van der Waals surface area contributed by atoms with Crippen molar-refractivity contribution in [1.29, 1.82) is 0 Å². The van der Waals surface area contributed by atoms with Crippen molar-refractivity contribution in [3.63, 3.8) is 0 Å². The summed E-state index contributed by atoms with van der Waals surface area (Å²) in [6.45, 7) is 9.29. The maximum absolute atomic E-state index is 5.81. The summed E-state index contributed by atoms with van der Waals surface area (Å²) in [5, 5.41) is 5.74. The molecule has 3 heteroatoms. The van der Waals surface area contributed by atoms with Gasteiger partial charge in [0, 0.05) is 17.0 Å². The molecule has 0 spiro atoms. The van der Waals surface area contributed by atoms with Gasteiger partial charge in [-0.1, -0.05) is 17.7 Å². The van der Waals surface area contributed by atoms with Gasteiger partial charge in [0.15, 0.2) is 0 Å². The van der Waals surface area contributed by atoms with Crippen LogP contribution in [-0.2, 0) is 0 Å². The summed E-state index contributed by atoms with van der Waals surface area (Å²) in [6, 6.07) is 11.0. The summed E-state index contributed by atoms with van der Waals surface area (Å²) in [4.78, 5) is 1.41. The fraction of sp³-hybridized carbons (Fsp3) is 0.412. The molecule has 1 aromatic heterocycles. The second-order valence-corrected chi connectivity index (χ2v) is 6.33. The zero-order valence-electron chi connectivity index (χ0n) is 12.6. The van der Waals surface area contributed by atoms with Crippen molar-refractivity contribution in [1.82, 2.24) is 5.32 Å². The Morgan fingerprint density at radius 2 is 1.80 bits per heavy atom. The number of nitrogens with one attached hydrogen (secondary N) is 1. The zero-order chi connectivity index (χ0) is 14.5. The molecule has 20 heavy (non-hydrogen) atoms. The lowest BCUT2D eigenvalue weighted by Crippen LogP contribution is -2.33. The maximum atomic E-state index is 5.81. The fourth-order valence-corrected chi connectivity index (χ4v) is 3.18. The van der Waals surface area contributed by atoms with Crippen molar-refractivity contribution in [2.75, 3.05) is 6.61 Å². The van der Waals surface area contributed by atoms with Crippen molar-refractivity contribution < 1.29 is 4.74 Å². The smallest absolute Gasteiger partial charge is 0.119 e. The molecule has 1 aromatic carbocycles. The summed E-state index contributed by atoms with van der Waals surface area (Å²) in [7, 11) is 0. The maximum Gasteiger partial charge on any atom is 0.119 e. The summed E-state index contributed by atoms with van der Waals surface area (Å²) in [5.41, 5.74) is 2.62. The van der Waals surface area contributed by atoms with E-state index in [0.29, 0.717) is 18.7 Å². The molecule has 2 rings (SSSR count). The Labute approximate surface area is 125 Å². The molecule has 2 unspecified atom stereocenters. The Kier molecular flexibility index (Phi) is 5.21. The van der Waals surface area contributed by atoms with Crippen LogP contribution in [0, 0.1) is 13.8 Å². The standard InChI is InChI=1S/C17H23NOS/c1-12-5-7-16(8-6-12)19-11-14(3)18-15(4)17-13(2)9-10-20-17/h5-10,14-15,18H,11H2,1-4H3. The SMILES string of the molecule is Cc1ccc(OCC(C)NC(C)c2sccc2C)cc1. The molecule has 2 aromatic rings. The highest BCUT2D eigenvalue weighted by Gasteiger charge is 2.13. The molecule has 108 valence electrons. The van der Waals surface area contributed by atoms with E-state index in [0.717, 1.165) is 5.75 Å². The Hall–Kier alpha value is -1.32. The van der Waals surface area contributed by atoms with E-state index >= 15 is 0 Å². The number of aryl methyl sites for hydroxylation is 2. The van der Waals surface area contributed by atoms with E-state index in [1.165, 1.54) is 16.0 Å². The topological polar surface area (TPSA) is 21.3 Å². The molecule has 2 atom stereocenters.